The Kier molecular flexibility index (Phi) is 4.24. The van der Waals surface area contributed by atoms with Crippen molar-refractivity contribution in [1.29, 1.82) is 0 Å². The van der Waals surface area contributed by atoms with Crippen LogP contribution in [0.2, 0.25) is 0 Å². The van der Waals surface area contributed by atoms with E-state index in [0.29, 0.717) is 13.1 Å². The quantitative estimate of drug-likeness (QED) is 0.853. The molecule has 1 aliphatic rings. The summed E-state index contributed by atoms with van der Waals surface area (Å²) in [7, 11) is -2.30. The van der Waals surface area contributed by atoms with Crippen LogP contribution in [0.15, 0.2) is 6.20 Å². The van der Waals surface area contributed by atoms with Crippen molar-refractivity contribution < 1.29 is 18.3 Å². The van der Waals surface area contributed by atoms with Crippen LogP contribution < -0.4 is 4.72 Å². The van der Waals surface area contributed by atoms with Crippen LogP contribution in [0.25, 0.3) is 0 Å². The number of rotatable bonds is 4. The van der Waals surface area contributed by atoms with Crippen molar-refractivity contribution in [3.63, 3.8) is 0 Å². The standard InChI is InChI=1S/C12H20N4O4S/c1-8-4-9(2)7-16(6-8)21(19,20)14-11-10(12(17)18)5-13-15(11)3/h5,8-9,14H,4,6-7H2,1-3H3,(H,17,18). The van der Waals surface area contributed by atoms with Gasteiger partial charge in [0.1, 0.15) is 5.56 Å². The predicted octanol–water partition coefficient (Wildman–Crippen LogP) is 0.753. The lowest BCUT2D eigenvalue weighted by Gasteiger charge is -2.34. The summed E-state index contributed by atoms with van der Waals surface area (Å²) < 4.78 is 29.8. The Hall–Kier alpha value is -1.61. The van der Waals surface area contributed by atoms with Crippen LogP contribution in [0, 0.1) is 11.8 Å². The molecule has 1 aromatic heterocycles. The number of carboxylic acid groups (broad SMARTS) is 1. The molecule has 0 spiro atoms. The number of anilines is 1. The molecule has 2 rings (SSSR count). The third kappa shape index (κ3) is 3.35. The van der Waals surface area contributed by atoms with Crippen molar-refractivity contribution in [2.24, 2.45) is 18.9 Å². The van der Waals surface area contributed by atoms with Gasteiger partial charge in [0.25, 0.3) is 0 Å². The van der Waals surface area contributed by atoms with Gasteiger partial charge in [0, 0.05) is 20.1 Å². The number of aromatic carboxylic acids is 1. The Bertz CT molecular complexity index is 630. The molecule has 9 heteroatoms. The van der Waals surface area contributed by atoms with Gasteiger partial charge in [0.2, 0.25) is 0 Å². The molecule has 1 saturated heterocycles. The first kappa shape index (κ1) is 15.8. The number of piperidine rings is 1. The van der Waals surface area contributed by atoms with Crippen LogP contribution in [-0.2, 0) is 17.3 Å². The van der Waals surface area contributed by atoms with Crippen molar-refractivity contribution >= 4 is 22.0 Å². The molecule has 0 amide bonds. The Morgan fingerprint density at radius 1 is 1.38 bits per heavy atom. The lowest BCUT2D eigenvalue weighted by molar-refractivity contribution is 0.0698. The van der Waals surface area contributed by atoms with E-state index in [1.165, 1.54) is 16.0 Å². The minimum Gasteiger partial charge on any atom is -0.477 e. The molecule has 1 aromatic rings. The lowest BCUT2D eigenvalue weighted by atomic mass is 9.94. The molecule has 0 saturated carbocycles. The minimum atomic E-state index is -3.79. The molecule has 2 atom stereocenters. The topological polar surface area (TPSA) is 105 Å². The lowest BCUT2D eigenvalue weighted by Crippen LogP contribution is -2.45. The predicted molar refractivity (Wildman–Crippen MR) is 77.2 cm³/mol. The van der Waals surface area contributed by atoms with Crippen molar-refractivity contribution in [2.45, 2.75) is 20.3 Å². The molecule has 118 valence electrons. The van der Waals surface area contributed by atoms with Crippen LogP contribution in [0.4, 0.5) is 5.82 Å². The summed E-state index contributed by atoms with van der Waals surface area (Å²) in [6, 6.07) is 0. The first-order valence-electron chi connectivity index (χ1n) is 6.74. The second-order valence-electron chi connectivity index (χ2n) is 5.71. The molecular formula is C12H20N4O4S. The molecule has 2 heterocycles. The van der Waals surface area contributed by atoms with Gasteiger partial charge in [0.15, 0.2) is 5.82 Å². The van der Waals surface area contributed by atoms with E-state index in [1.807, 2.05) is 13.8 Å². The van der Waals surface area contributed by atoms with Gasteiger partial charge in [-0.2, -0.15) is 17.8 Å². The number of aryl methyl sites for hydroxylation is 1. The fourth-order valence-corrected chi connectivity index (χ4v) is 4.22. The first-order chi connectivity index (χ1) is 9.70. The Morgan fingerprint density at radius 2 is 1.95 bits per heavy atom. The van der Waals surface area contributed by atoms with Gasteiger partial charge >= 0.3 is 16.2 Å². The molecule has 1 aliphatic heterocycles. The summed E-state index contributed by atoms with van der Waals surface area (Å²) in [6.45, 7) is 4.87. The highest BCUT2D eigenvalue weighted by atomic mass is 32.2. The Morgan fingerprint density at radius 3 is 2.48 bits per heavy atom. The van der Waals surface area contributed by atoms with Crippen molar-refractivity contribution in [2.75, 3.05) is 17.8 Å². The van der Waals surface area contributed by atoms with Crippen molar-refractivity contribution in [3.8, 4) is 0 Å². The van der Waals surface area contributed by atoms with E-state index in [1.54, 1.807) is 0 Å². The smallest absolute Gasteiger partial charge is 0.341 e. The number of nitrogens with zero attached hydrogens (tertiary/aromatic N) is 3. The van der Waals surface area contributed by atoms with E-state index < -0.39 is 16.2 Å². The molecule has 1 fully saturated rings. The van der Waals surface area contributed by atoms with Crippen molar-refractivity contribution in [1.82, 2.24) is 14.1 Å². The number of carbonyl (C=O) groups is 1. The van der Waals surface area contributed by atoms with Gasteiger partial charge in [-0.05, 0) is 18.3 Å². The molecule has 0 radical (unpaired) electrons. The Balaban J connectivity index is 2.26. The highest BCUT2D eigenvalue weighted by Gasteiger charge is 2.32. The van der Waals surface area contributed by atoms with E-state index in [2.05, 4.69) is 9.82 Å². The monoisotopic (exact) mass is 316 g/mol. The maximum absolute atomic E-state index is 12.5. The van der Waals surface area contributed by atoms with Gasteiger partial charge < -0.3 is 5.11 Å². The summed E-state index contributed by atoms with van der Waals surface area (Å²) in [5.74, 6) is -0.707. The van der Waals surface area contributed by atoms with Gasteiger partial charge in [-0.3, -0.25) is 9.40 Å². The SMILES string of the molecule is CC1CC(C)CN(S(=O)(=O)Nc2c(C(=O)O)cnn2C)C1. The van der Waals surface area contributed by atoms with E-state index in [4.69, 9.17) is 5.11 Å². The number of aromatic nitrogens is 2. The van der Waals surface area contributed by atoms with Crippen LogP contribution >= 0.6 is 0 Å². The fourth-order valence-electron chi connectivity index (χ4n) is 2.70. The number of carboxylic acids is 1. The molecule has 0 aliphatic carbocycles. The maximum atomic E-state index is 12.5. The minimum absolute atomic E-state index is 0.0339. The first-order valence-corrected chi connectivity index (χ1v) is 8.18. The maximum Gasteiger partial charge on any atom is 0.341 e. The second kappa shape index (κ2) is 5.64. The van der Waals surface area contributed by atoms with Gasteiger partial charge in [0.05, 0.1) is 6.20 Å². The molecular weight excluding hydrogens is 296 g/mol. The highest BCUT2D eigenvalue weighted by molar-refractivity contribution is 7.90. The van der Waals surface area contributed by atoms with Crippen LogP contribution in [0.5, 0.6) is 0 Å². The van der Waals surface area contributed by atoms with E-state index in [-0.39, 0.29) is 23.2 Å². The second-order valence-corrected chi connectivity index (χ2v) is 7.38. The number of hydrogen-bond acceptors (Lipinski definition) is 4. The van der Waals surface area contributed by atoms with Gasteiger partial charge in [-0.15, -0.1) is 0 Å². The van der Waals surface area contributed by atoms with E-state index >= 15 is 0 Å². The van der Waals surface area contributed by atoms with E-state index in [0.717, 1.165) is 12.6 Å². The number of nitrogens with one attached hydrogen (secondary N) is 1. The third-order valence-corrected chi connectivity index (χ3v) is 5.00. The molecule has 0 aromatic carbocycles. The fraction of sp³-hybridized carbons (Fsp3) is 0.667. The summed E-state index contributed by atoms with van der Waals surface area (Å²) >= 11 is 0. The average Bonchev–Trinajstić information content (AvgIpc) is 2.69. The summed E-state index contributed by atoms with van der Waals surface area (Å²) in [5, 5.41) is 12.9. The average molecular weight is 316 g/mol. The van der Waals surface area contributed by atoms with Crippen LogP contribution in [0.1, 0.15) is 30.6 Å². The van der Waals surface area contributed by atoms with Crippen LogP contribution in [-0.4, -0.2) is 46.7 Å². The van der Waals surface area contributed by atoms with Gasteiger partial charge in [-0.1, -0.05) is 13.8 Å². The molecule has 2 N–H and O–H groups in total. The number of hydrogen-bond donors (Lipinski definition) is 2. The molecule has 2 unspecified atom stereocenters. The zero-order valence-corrected chi connectivity index (χ0v) is 13.1. The normalized spacial score (nSPS) is 24.0. The van der Waals surface area contributed by atoms with Gasteiger partial charge in [-0.25, -0.2) is 4.79 Å². The molecule has 8 nitrogen and oxygen atoms in total. The molecule has 21 heavy (non-hydrogen) atoms. The highest BCUT2D eigenvalue weighted by Crippen LogP contribution is 2.25. The third-order valence-electron chi connectivity index (χ3n) is 3.57. The van der Waals surface area contributed by atoms with Crippen molar-refractivity contribution in [3.05, 3.63) is 11.8 Å². The van der Waals surface area contributed by atoms with Crippen LogP contribution in [0.3, 0.4) is 0 Å². The zero-order valence-electron chi connectivity index (χ0n) is 12.3. The Labute approximate surface area is 123 Å². The molecule has 0 bridgehead atoms. The summed E-state index contributed by atoms with van der Waals surface area (Å²) in [4.78, 5) is 11.1. The zero-order chi connectivity index (χ0) is 15.8. The largest absolute Gasteiger partial charge is 0.477 e. The van der Waals surface area contributed by atoms with E-state index in [9.17, 15) is 13.2 Å². The summed E-state index contributed by atoms with van der Waals surface area (Å²) in [5.41, 5.74) is -0.167. The summed E-state index contributed by atoms with van der Waals surface area (Å²) in [6.07, 6.45) is 2.11.